The molecule has 0 aromatic heterocycles. The molecule has 0 spiro atoms. The molecule has 186 valence electrons. The van der Waals surface area contributed by atoms with E-state index in [1.165, 1.54) is 11.1 Å². The van der Waals surface area contributed by atoms with E-state index >= 15 is 0 Å². The highest BCUT2D eigenvalue weighted by Crippen LogP contribution is 2.46. The van der Waals surface area contributed by atoms with Gasteiger partial charge in [-0.25, -0.2) is 0 Å². The molecule has 0 amide bonds. The van der Waals surface area contributed by atoms with Gasteiger partial charge in [0.25, 0.3) is 0 Å². The summed E-state index contributed by atoms with van der Waals surface area (Å²) in [6.45, 7) is 8.42. The summed E-state index contributed by atoms with van der Waals surface area (Å²) in [7, 11) is 0. The highest BCUT2D eigenvalue weighted by molar-refractivity contribution is 9.10. The smallest absolute Gasteiger partial charge is 0.306 e. The highest BCUT2D eigenvalue weighted by atomic mass is 79.9. The molecule has 3 rings (SSSR count). The van der Waals surface area contributed by atoms with E-state index in [0.29, 0.717) is 25.3 Å². The van der Waals surface area contributed by atoms with Crippen LogP contribution in [-0.2, 0) is 21.5 Å². The number of aliphatic hydroxyl groups is 1. The lowest BCUT2D eigenvalue weighted by Crippen LogP contribution is -2.39. The predicted octanol–water partition coefficient (Wildman–Crippen LogP) is 6.40. The lowest BCUT2D eigenvalue weighted by molar-refractivity contribution is -0.155. The minimum absolute atomic E-state index is 0.0250. The van der Waals surface area contributed by atoms with Crippen LogP contribution in [0.1, 0.15) is 70.9 Å². The van der Waals surface area contributed by atoms with Gasteiger partial charge in [0.2, 0.25) is 0 Å². The number of rotatable bonds is 12. The molecule has 1 aliphatic carbocycles. The van der Waals surface area contributed by atoms with E-state index < -0.39 is 11.7 Å². The number of halogens is 1. The number of hydrogen-bond acceptors (Lipinski definition) is 4. The van der Waals surface area contributed by atoms with Crippen LogP contribution in [0.15, 0.2) is 59.1 Å². The molecular weight excluding hydrogens is 490 g/mol. The number of hydrogen-bond donors (Lipinski definition) is 2. The Kier molecular flexibility index (Phi) is 9.36. The third-order valence-corrected chi connectivity index (χ3v) is 7.09. The molecule has 1 fully saturated rings. The molecule has 5 heteroatoms. The zero-order chi connectivity index (χ0) is 24.8. The number of carbonyl (C=O) groups is 1. The summed E-state index contributed by atoms with van der Waals surface area (Å²) in [6, 6.07) is 18.9. The summed E-state index contributed by atoms with van der Waals surface area (Å²) >= 11 is 3.57. The van der Waals surface area contributed by atoms with Crippen LogP contribution in [0.2, 0.25) is 0 Å². The van der Waals surface area contributed by atoms with Crippen molar-refractivity contribution < 1.29 is 14.6 Å². The minimum atomic E-state index is -0.523. The van der Waals surface area contributed by atoms with Gasteiger partial charge in [0.15, 0.2) is 0 Å². The standard InChI is InChI=1S/C29H40BrNO3/c1-21(17-22-9-6-5-7-10-22)18-23(13-14-27(33)34-28(2,3)4)26(32)20-31-29(15-16-29)24-11-8-12-25(30)19-24/h5-12,19,21,23,26,31-32H,13-18,20H2,1-4H3/t21?,23-,26+/m0/s1. The van der Waals surface area contributed by atoms with Gasteiger partial charge in [0, 0.05) is 23.0 Å². The van der Waals surface area contributed by atoms with Crippen LogP contribution in [0, 0.1) is 11.8 Å². The van der Waals surface area contributed by atoms with E-state index in [1.807, 2.05) is 32.9 Å². The molecule has 4 nitrogen and oxygen atoms in total. The van der Waals surface area contributed by atoms with Crippen molar-refractivity contribution in [2.24, 2.45) is 11.8 Å². The first kappa shape index (κ1) is 26.9. The van der Waals surface area contributed by atoms with Crippen LogP contribution in [0.3, 0.4) is 0 Å². The van der Waals surface area contributed by atoms with Crippen molar-refractivity contribution in [3.05, 3.63) is 70.2 Å². The summed E-state index contributed by atoms with van der Waals surface area (Å²) in [4.78, 5) is 12.4. The Morgan fingerprint density at radius 1 is 1.15 bits per heavy atom. The molecule has 2 aromatic rings. The topological polar surface area (TPSA) is 58.6 Å². The molecule has 0 aliphatic heterocycles. The van der Waals surface area contributed by atoms with Crippen molar-refractivity contribution >= 4 is 21.9 Å². The first-order valence-electron chi connectivity index (χ1n) is 12.5. The number of benzene rings is 2. The molecular formula is C29H40BrNO3. The van der Waals surface area contributed by atoms with E-state index in [2.05, 4.69) is 70.6 Å². The third kappa shape index (κ3) is 8.51. The van der Waals surface area contributed by atoms with E-state index in [0.717, 1.165) is 30.2 Å². The van der Waals surface area contributed by atoms with Gasteiger partial charge in [-0.2, -0.15) is 0 Å². The number of aliphatic hydroxyl groups excluding tert-OH is 1. The van der Waals surface area contributed by atoms with Crippen molar-refractivity contribution in [1.82, 2.24) is 5.32 Å². The number of esters is 1. The van der Waals surface area contributed by atoms with Crippen molar-refractivity contribution in [1.29, 1.82) is 0 Å². The van der Waals surface area contributed by atoms with Gasteiger partial charge in [-0.3, -0.25) is 4.79 Å². The average Bonchev–Trinajstić information content (AvgIpc) is 3.56. The number of ether oxygens (including phenoxy) is 1. The Bertz CT molecular complexity index is 920. The summed E-state index contributed by atoms with van der Waals surface area (Å²) in [5.74, 6) is 0.235. The maximum absolute atomic E-state index is 12.4. The van der Waals surface area contributed by atoms with Crippen LogP contribution in [0.4, 0.5) is 0 Å². The molecule has 0 bridgehead atoms. The largest absolute Gasteiger partial charge is 0.460 e. The zero-order valence-corrected chi connectivity index (χ0v) is 22.6. The first-order valence-corrected chi connectivity index (χ1v) is 13.3. The van der Waals surface area contributed by atoms with E-state index in [1.54, 1.807) is 0 Å². The Hall–Kier alpha value is -1.69. The molecule has 1 unspecified atom stereocenters. The molecule has 1 saturated carbocycles. The fourth-order valence-corrected chi connectivity index (χ4v) is 5.12. The monoisotopic (exact) mass is 529 g/mol. The van der Waals surface area contributed by atoms with Gasteiger partial charge in [-0.15, -0.1) is 0 Å². The van der Waals surface area contributed by atoms with Crippen LogP contribution < -0.4 is 5.32 Å². The van der Waals surface area contributed by atoms with Gasteiger partial charge < -0.3 is 15.2 Å². The fourth-order valence-electron chi connectivity index (χ4n) is 4.72. The quantitative estimate of drug-likeness (QED) is 0.312. The SMILES string of the molecule is CC(Cc1ccccc1)C[C@H](CCC(=O)OC(C)(C)C)[C@H](O)CNC1(c2cccc(Br)c2)CC1. The van der Waals surface area contributed by atoms with Crippen molar-refractivity contribution in [2.75, 3.05) is 6.54 Å². The molecule has 0 radical (unpaired) electrons. The Balaban J connectivity index is 1.61. The summed E-state index contributed by atoms with van der Waals surface area (Å²) in [5, 5.41) is 14.9. The van der Waals surface area contributed by atoms with Crippen LogP contribution in [0.5, 0.6) is 0 Å². The highest BCUT2D eigenvalue weighted by Gasteiger charge is 2.44. The van der Waals surface area contributed by atoms with Crippen LogP contribution in [0.25, 0.3) is 0 Å². The van der Waals surface area contributed by atoms with Gasteiger partial charge in [-0.1, -0.05) is 65.3 Å². The lowest BCUT2D eigenvalue weighted by Gasteiger charge is -2.29. The number of nitrogens with one attached hydrogen (secondary N) is 1. The van der Waals surface area contributed by atoms with E-state index in [-0.39, 0.29) is 17.4 Å². The van der Waals surface area contributed by atoms with Crippen molar-refractivity contribution in [3.63, 3.8) is 0 Å². The maximum Gasteiger partial charge on any atom is 0.306 e. The molecule has 0 heterocycles. The molecule has 34 heavy (non-hydrogen) atoms. The molecule has 2 N–H and O–H groups in total. The Morgan fingerprint density at radius 3 is 2.47 bits per heavy atom. The van der Waals surface area contributed by atoms with Crippen molar-refractivity contribution in [2.45, 2.75) is 83.5 Å². The third-order valence-electron chi connectivity index (χ3n) is 6.59. The summed E-state index contributed by atoms with van der Waals surface area (Å²) in [5.41, 5.74) is 2.03. The molecule has 3 atom stereocenters. The van der Waals surface area contributed by atoms with E-state index in [4.69, 9.17) is 4.74 Å². The first-order chi connectivity index (χ1) is 16.1. The normalized spacial score (nSPS) is 17.6. The fraction of sp³-hybridized carbons (Fsp3) is 0.552. The second-order valence-electron chi connectivity index (χ2n) is 11.0. The summed E-state index contributed by atoms with van der Waals surface area (Å²) < 4.78 is 6.59. The van der Waals surface area contributed by atoms with Crippen LogP contribution in [-0.4, -0.2) is 29.3 Å². The second-order valence-corrected chi connectivity index (χ2v) is 11.9. The second kappa shape index (κ2) is 11.8. The summed E-state index contributed by atoms with van der Waals surface area (Å²) in [6.07, 6.45) is 4.40. The number of carbonyl (C=O) groups excluding carboxylic acids is 1. The van der Waals surface area contributed by atoms with Gasteiger partial charge >= 0.3 is 5.97 Å². The van der Waals surface area contributed by atoms with Gasteiger partial charge in [0.1, 0.15) is 5.60 Å². The maximum atomic E-state index is 12.4. The van der Waals surface area contributed by atoms with Gasteiger partial charge in [0.05, 0.1) is 6.10 Å². The van der Waals surface area contributed by atoms with Crippen molar-refractivity contribution in [3.8, 4) is 0 Å². The lowest BCUT2D eigenvalue weighted by atomic mass is 9.84. The Labute approximate surface area is 213 Å². The Morgan fingerprint density at radius 2 is 1.85 bits per heavy atom. The molecule has 0 saturated heterocycles. The van der Waals surface area contributed by atoms with Gasteiger partial charge in [-0.05, 0) is 88.0 Å². The zero-order valence-electron chi connectivity index (χ0n) is 21.0. The van der Waals surface area contributed by atoms with Crippen LogP contribution >= 0.6 is 15.9 Å². The van der Waals surface area contributed by atoms with E-state index in [9.17, 15) is 9.90 Å². The average molecular weight is 531 g/mol. The predicted molar refractivity (Wildman–Crippen MR) is 142 cm³/mol. The minimum Gasteiger partial charge on any atom is -0.460 e. The molecule has 1 aliphatic rings. The molecule has 2 aromatic carbocycles.